The fourth-order valence-corrected chi connectivity index (χ4v) is 4.15. The third-order valence-electron chi connectivity index (χ3n) is 5.87. The van der Waals surface area contributed by atoms with Gasteiger partial charge in [-0.15, -0.1) is 0 Å². The molecule has 3 aromatic carbocycles. The molecule has 0 spiro atoms. The number of hydrogen-bond acceptors (Lipinski definition) is 4. The lowest BCUT2D eigenvalue weighted by molar-refractivity contribution is -0.126. The van der Waals surface area contributed by atoms with Crippen molar-refractivity contribution in [1.82, 2.24) is 5.32 Å². The molecule has 1 aliphatic rings. The maximum atomic E-state index is 12.6. The summed E-state index contributed by atoms with van der Waals surface area (Å²) in [4.78, 5) is 39.0. The Balaban J connectivity index is 1.27. The molecule has 0 bridgehead atoms. The molecule has 3 amide bonds. The van der Waals surface area contributed by atoms with Crippen LogP contribution in [0.25, 0.3) is 0 Å². The molecular formula is C27H25Cl2N3O4. The van der Waals surface area contributed by atoms with Gasteiger partial charge in [0.2, 0.25) is 11.8 Å². The van der Waals surface area contributed by atoms with E-state index in [1.165, 1.54) is 0 Å². The third kappa shape index (κ3) is 6.56. The largest absolute Gasteiger partial charge is 0.484 e. The Labute approximate surface area is 219 Å². The summed E-state index contributed by atoms with van der Waals surface area (Å²) in [6.07, 6.45) is 0.147. The second kappa shape index (κ2) is 11.5. The zero-order chi connectivity index (χ0) is 25.7. The number of benzene rings is 3. The number of halogens is 2. The van der Waals surface area contributed by atoms with E-state index in [4.69, 9.17) is 27.9 Å². The minimum Gasteiger partial charge on any atom is -0.484 e. The average Bonchev–Trinajstić information content (AvgIpc) is 3.26. The van der Waals surface area contributed by atoms with Crippen LogP contribution in [0.3, 0.4) is 0 Å². The zero-order valence-electron chi connectivity index (χ0n) is 19.6. The summed E-state index contributed by atoms with van der Waals surface area (Å²) >= 11 is 11.9. The zero-order valence-corrected chi connectivity index (χ0v) is 21.1. The van der Waals surface area contributed by atoms with Gasteiger partial charge in [-0.05, 0) is 66.6 Å². The van der Waals surface area contributed by atoms with E-state index in [-0.39, 0.29) is 30.7 Å². The highest BCUT2D eigenvalue weighted by Crippen LogP contribution is 2.27. The molecule has 0 radical (unpaired) electrons. The Morgan fingerprint density at radius 2 is 1.69 bits per heavy atom. The molecule has 1 saturated heterocycles. The highest BCUT2D eigenvalue weighted by molar-refractivity contribution is 6.31. The van der Waals surface area contributed by atoms with Gasteiger partial charge in [-0.25, -0.2) is 0 Å². The summed E-state index contributed by atoms with van der Waals surface area (Å²) in [7, 11) is 0. The second-order valence-electron chi connectivity index (χ2n) is 8.54. The first-order valence-electron chi connectivity index (χ1n) is 11.4. The van der Waals surface area contributed by atoms with Crippen molar-refractivity contribution in [3.63, 3.8) is 0 Å². The van der Waals surface area contributed by atoms with E-state index in [1.54, 1.807) is 53.4 Å². The number of ether oxygens (including phenoxy) is 1. The molecule has 9 heteroatoms. The number of hydrogen-bond donors (Lipinski definition) is 2. The predicted octanol–water partition coefficient (Wildman–Crippen LogP) is 4.99. The Kier molecular flexibility index (Phi) is 8.13. The molecule has 4 rings (SSSR count). The number of anilines is 2. The van der Waals surface area contributed by atoms with Crippen molar-refractivity contribution < 1.29 is 19.1 Å². The summed E-state index contributed by atoms with van der Waals surface area (Å²) in [5, 5.41) is 6.83. The van der Waals surface area contributed by atoms with Gasteiger partial charge < -0.3 is 20.3 Å². The van der Waals surface area contributed by atoms with E-state index in [1.807, 2.05) is 25.1 Å². The lowest BCUT2D eigenvalue weighted by atomic mass is 10.1. The summed E-state index contributed by atoms with van der Waals surface area (Å²) in [5.74, 6) is -0.542. The lowest BCUT2D eigenvalue weighted by Crippen LogP contribution is -2.32. The topological polar surface area (TPSA) is 87.7 Å². The average molecular weight is 526 g/mol. The molecule has 2 N–H and O–H groups in total. The quantitative estimate of drug-likeness (QED) is 0.433. The molecule has 1 atom stereocenters. The van der Waals surface area contributed by atoms with Gasteiger partial charge in [0.05, 0.1) is 5.92 Å². The highest BCUT2D eigenvalue weighted by Gasteiger charge is 2.35. The van der Waals surface area contributed by atoms with Crippen molar-refractivity contribution in [2.24, 2.45) is 5.92 Å². The van der Waals surface area contributed by atoms with Gasteiger partial charge in [0.15, 0.2) is 6.61 Å². The molecular weight excluding hydrogens is 501 g/mol. The van der Waals surface area contributed by atoms with E-state index >= 15 is 0 Å². The van der Waals surface area contributed by atoms with E-state index in [0.717, 1.165) is 11.1 Å². The van der Waals surface area contributed by atoms with E-state index in [9.17, 15) is 14.4 Å². The van der Waals surface area contributed by atoms with Crippen molar-refractivity contribution in [3.05, 3.63) is 87.9 Å². The van der Waals surface area contributed by atoms with Gasteiger partial charge in [-0.2, -0.15) is 0 Å². The van der Waals surface area contributed by atoms with Crippen LogP contribution in [0.15, 0.2) is 66.7 Å². The van der Waals surface area contributed by atoms with Gasteiger partial charge in [0.1, 0.15) is 5.75 Å². The number of carbonyl (C=O) groups is 3. The highest BCUT2D eigenvalue weighted by atomic mass is 35.5. The molecule has 3 aromatic rings. The van der Waals surface area contributed by atoms with Gasteiger partial charge in [-0.3, -0.25) is 14.4 Å². The van der Waals surface area contributed by atoms with Crippen molar-refractivity contribution >= 4 is 52.3 Å². The molecule has 7 nitrogen and oxygen atoms in total. The number of carbonyl (C=O) groups excluding carboxylic acids is 3. The number of aryl methyl sites for hydroxylation is 1. The van der Waals surface area contributed by atoms with Crippen molar-refractivity contribution in [3.8, 4) is 5.75 Å². The predicted molar refractivity (Wildman–Crippen MR) is 141 cm³/mol. The van der Waals surface area contributed by atoms with Crippen LogP contribution in [0, 0.1) is 12.8 Å². The minimum atomic E-state index is -0.431. The standard InChI is InChI=1S/C27H25Cl2N3O4/c1-17-2-5-21(29)13-24(17)31-25(33)16-36-23-10-8-22(9-11-23)32-15-19(12-26(32)34)27(35)30-14-18-3-6-20(28)7-4-18/h2-11,13,19H,12,14-16H2,1H3,(H,30,35)(H,31,33)/t19-/m0/s1. The molecule has 186 valence electrons. The van der Waals surface area contributed by atoms with Crippen molar-refractivity contribution in [2.45, 2.75) is 19.9 Å². The summed E-state index contributed by atoms with van der Waals surface area (Å²) in [6, 6.07) is 19.3. The maximum absolute atomic E-state index is 12.6. The van der Waals surface area contributed by atoms with E-state index in [0.29, 0.717) is 40.3 Å². The van der Waals surface area contributed by atoms with Crippen LogP contribution in [0.4, 0.5) is 11.4 Å². The van der Waals surface area contributed by atoms with Crippen LogP contribution in [0.2, 0.25) is 10.0 Å². The fraction of sp³-hybridized carbons (Fsp3) is 0.222. The SMILES string of the molecule is Cc1ccc(Cl)cc1NC(=O)COc1ccc(N2C[C@@H](C(=O)NCc3ccc(Cl)cc3)CC2=O)cc1. The van der Waals surface area contributed by atoms with Crippen molar-refractivity contribution in [2.75, 3.05) is 23.4 Å². The monoisotopic (exact) mass is 525 g/mol. The number of amides is 3. The van der Waals surface area contributed by atoms with Crippen LogP contribution in [-0.4, -0.2) is 30.9 Å². The molecule has 0 aliphatic carbocycles. The summed E-state index contributed by atoms with van der Waals surface area (Å²) in [6.45, 7) is 2.37. The Hall–Kier alpha value is -3.55. The number of nitrogens with zero attached hydrogens (tertiary/aromatic N) is 1. The molecule has 1 heterocycles. The molecule has 1 fully saturated rings. The summed E-state index contributed by atoms with van der Waals surface area (Å²) < 4.78 is 5.57. The van der Waals surface area contributed by atoms with Crippen LogP contribution < -0.4 is 20.3 Å². The van der Waals surface area contributed by atoms with Gasteiger partial charge in [0.25, 0.3) is 5.91 Å². The van der Waals surface area contributed by atoms with E-state index in [2.05, 4.69) is 10.6 Å². The normalized spacial score (nSPS) is 15.0. The number of nitrogens with one attached hydrogen (secondary N) is 2. The van der Waals surface area contributed by atoms with E-state index < -0.39 is 5.92 Å². The maximum Gasteiger partial charge on any atom is 0.262 e. The molecule has 0 aromatic heterocycles. The van der Waals surface area contributed by atoms with Crippen LogP contribution in [0.1, 0.15) is 17.5 Å². The smallest absolute Gasteiger partial charge is 0.262 e. The summed E-state index contributed by atoms with van der Waals surface area (Å²) in [5.41, 5.74) is 3.12. The molecule has 36 heavy (non-hydrogen) atoms. The fourth-order valence-electron chi connectivity index (χ4n) is 3.85. The van der Waals surface area contributed by atoms with Crippen LogP contribution in [-0.2, 0) is 20.9 Å². The van der Waals surface area contributed by atoms with Crippen LogP contribution >= 0.6 is 23.2 Å². The van der Waals surface area contributed by atoms with Crippen LogP contribution in [0.5, 0.6) is 5.75 Å². The second-order valence-corrected chi connectivity index (χ2v) is 9.41. The first-order valence-corrected chi connectivity index (χ1v) is 12.2. The molecule has 0 saturated carbocycles. The first kappa shape index (κ1) is 25.5. The first-order chi connectivity index (χ1) is 17.3. The van der Waals surface area contributed by atoms with Gasteiger partial charge in [-0.1, -0.05) is 41.4 Å². The molecule has 1 aliphatic heterocycles. The molecule has 0 unspecified atom stereocenters. The Morgan fingerprint density at radius 1 is 1.00 bits per heavy atom. The Morgan fingerprint density at radius 3 is 2.42 bits per heavy atom. The van der Waals surface area contributed by atoms with Gasteiger partial charge >= 0.3 is 0 Å². The van der Waals surface area contributed by atoms with Crippen molar-refractivity contribution in [1.29, 1.82) is 0 Å². The Bertz CT molecular complexity index is 1260. The lowest BCUT2D eigenvalue weighted by Gasteiger charge is -2.17. The minimum absolute atomic E-state index is 0.119. The number of rotatable bonds is 8. The van der Waals surface area contributed by atoms with Gasteiger partial charge in [0, 0.05) is 40.9 Å². The third-order valence-corrected chi connectivity index (χ3v) is 6.35.